The van der Waals surface area contributed by atoms with Crippen LogP contribution in [0.25, 0.3) is 0 Å². The molecule has 1 saturated heterocycles. The molecule has 6 nitrogen and oxygen atoms in total. The van der Waals surface area contributed by atoms with Crippen molar-refractivity contribution in [3.05, 3.63) is 0 Å². The molecule has 21 heavy (non-hydrogen) atoms. The minimum absolute atomic E-state index is 0.297. The molecule has 1 fully saturated rings. The first-order chi connectivity index (χ1) is 9.51. The highest BCUT2D eigenvalue weighted by molar-refractivity contribution is 7.80. The Morgan fingerprint density at radius 3 is 2.29 bits per heavy atom. The summed E-state index contributed by atoms with van der Waals surface area (Å²) >= 11 is 5.38. The topological polar surface area (TPSA) is 59.1 Å². The maximum atomic E-state index is 12.3. The zero-order valence-electron chi connectivity index (χ0n) is 13.5. The molecule has 0 N–H and O–H groups in total. The Kier molecular flexibility index (Phi) is 5.55. The van der Waals surface area contributed by atoms with E-state index in [1.807, 2.05) is 34.9 Å². The van der Waals surface area contributed by atoms with E-state index in [0.29, 0.717) is 18.0 Å². The van der Waals surface area contributed by atoms with Crippen molar-refractivity contribution in [2.75, 3.05) is 20.6 Å². The van der Waals surface area contributed by atoms with E-state index in [2.05, 4.69) is 0 Å². The van der Waals surface area contributed by atoms with E-state index in [0.717, 1.165) is 0 Å². The molecular formula is C14H24N2O4S. The van der Waals surface area contributed by atoms with Gasteiger partial charge in [-0.3, -0.25) is 9.69 Å². The van der Waals surface area contributed by atoms with Crippen molar-refractivity contribution in [3.8, 4) is 0 Å². The van der Waals surface area contributed by atoms with Gasteiger partial charge < -0.3 is 14.4 Å². The number of thiocarbonyl (C=S) groups is 1. The number of carbonyl (C=O) groups is 2. The van der Waals surface area contributed by atoms with Gasteiger partial charge in [0.2, 0.25) is 0 Å². The third-order valence-electron chi connectivity index (χ3n) is 2.95. The lowest BCUT2D eigenvalue weighted by atomic mass is 10.2. The minimum atomic E-state index is -0.582. The second-order valence-corrected chi connectivity index (χ2v) is 6.77. The summed E-state index contributed by atoms with van der Waals surface area (Å²) in [4.78, 5) is 27.4. The zero-order chi connectivity index (χ0) is 16.4. The summed E-state index contributed by atoms with van der Waals surface area (Å²) < 4.78 is 10.6. The first kappa shape index (κ1) is 17.7. The summed E-state index contributed by atoms with van der Waals surface area (Å²) in [7, 11) is 3.66. The van der Waals surface area contributed by atoms with Gasteiger partial charge in [-0.2, -0.15) is 0 Å². The Balaban J connectivity index is 2.88. The number of nitrogens with zero attached hydrogens (tertiary/aromatic N) is 2. The summed E-state index contributed by atoms with van der Waals surface area (Å²) in [6.07, 6.45) is -0.292. The molecule has 1 rings (SSSR count). The molecule has 0 spiro atoms. The first-order valence-electron chi connectivity index (χ1n) is 6.89. The van der Waals surface area contributed by atoms with E-state index in [4.69, 9.17) is 21.7 Å². The quantitative estimate of drug-likeness (QED) is 0.572. The summed E-state index contributed by atoms with van der Waals surface area (Å²) in [5, 5.41) is 0. The third kappa shape index (κ3) is 5.15. The average molecular weight is 316 g/mol. The van der Waals surface area contributed by atoms with Crippen LogP contribution in [0.4, 0.5) is 4.79 Å². The van der Waals surface area contributed by atoms with Gasteiger partial charge in [-0.25, -0.2) is 4.79 Å². The van der Waals surface area contributed by atoms with Crippen LogP contribution in [0.15, 0.2) is 0 Å². The largest absolute Gasteiger partial charge is 0.461 e. The van der Waals surface area contributed by atoms with Crippen LogP contribution in [-0.2, 0) is 14.3 Å². The molecule has 1 aliphatic heterocycles. The number of carbonyl (C=O) groups excluding carboxylic acids is 2. The maximum Gasteiger partial charge on any atom is 0.411 e. The van der Waals surface area contributed by atoms with E-state index in [1.54, 1.807) is 9.80 Å². The highest BCUT2D eigenvalue weighted by atomic mass is 32.1. The summed E-state index contributed by atoms with van der Waals surface area (Å²) in [6.45, 7) is 7.08. The third-order valence-corrected chi connectivity index (χ3v) is 3.59. The van der Waals surface area contributed by atoms with Gasteiger partial charge in [-0.05, 0) is 20.8 Å². The fraction of sp³-hybridized carbons (Fsp3) is 0.786. The standard InChI is InChI=1S/C14H24N2O4S/c1-9(17)19-10-7-11(12(21)15(5)6)16(8-10)13(18)20-14(2,3)4/h10-11H,7-8H2,1-6H3/t10-,11+/m1/s1. The molecule has 0 bridgehead atoms. The lowest BCUT2D eigenvalue weighted by Gasteiger charge is -2.30. The van der Waals surface area contributed by atoms with Crippen LogP contribution < -0.4 is 0 Å². The van der Waals surface area contributed by atoms with E-state index in [1.165, 1.54) is 6.92 Å². The SMILES string of the molecule is CC(=O)O[C@@H]1C[C@@H](C(=S)N(C)C)N(C(=O)OC(C)(C)C)C1. The number of likely N-dealkylation sites (tertiary alicyclic amines) is 1. The van der Waals surface area contributed by atoms with Crippen molar-refractivity contribution in [1.29, 1.82) is 0 Å². The van der Waals surface area contributed by atoms with Gasteiger partial charge in [0.1, 0.15) is 16.7 Å². The number of esters is 1. The second kappa shape index (κ2) is 6.60. The summed E-state index contributed by atoms with van der Waals surface area (Å²) in [5.41, 5.74) is -0.582. The average Bonchev–Trinajstić information content (AvgIpc) is 2.68. The Labute approximate surface area is 131 Å². The van der Waals surface area contributed by atoms with Crippen molar-refractivity contribution in [2.24, 2.45) is 0 Å². The predicted octanol–water partition coefficient (Wildman–Crippen LogP) is 1.82. The highest BCUT2D eigenvalue weighted by Gasteiger charge is 2.41. The lowest BCUT2D eigenvalue weighted by Crippen LogP contribution is -2.46. The van der Waals surface area contributed by atoms with Gasteiger partial charge in [0.25, 0.3) is 0 Å². The number of likely N-dealkylation sites (N-methyl/N-ethyl adjacent to an activating group) is 1. The molecule has 2 atom stereocenters. The molecule has 0 aliphatic carbocycles. The van der Waals surface area contributed by atoms with Crippen molar-refractivity contribution < 1.29 is 19.1 Å². The van der Waals surface area contributed by atoms with Crippen LogP contribution in [0.5, 0.6) is 0 Å². The van der Waals surface area contributed by atoms with Gasteiger partial charge in [-0.15, -0.1) is 0 Å². The molecule has 1 amide bonds. The van der Waals surface area contributed by atoms with Crippen LogP contribution in [0.3, 0.4) is 0 Å². The normalized spacial score (nSPS) is 21.9. The lowest BCUT2D eigenvalue weighted by molar-refractivity contribution is -0.145. The molecule has 0 saturated carbocycles. The van der Waals surface area contributed by atoms with Crippen LogP contribution in [0.1, 0.15) is 34.1 Å². The summed E-state index contributed by atoms with van der Waals surface area (Å²) in [6, 6.07) is -0.297. The minimum Gasteiger partial charge on any atom is -0.461 e. The monoisotopic (exact) mass is 316 g/mol. The molecule has 1 heterocycles. The van der Waals surface area contributed by atoms with E-state index in [-0.39, 0.29) is 18.1 Å². The Morgan fingerprint density at radius 2 is 1.86 bits per heavy atom. The fourth-order valence-corrected chi connectivity index (χ4v) is 2.40. The first-order valence-corrected chi connectivity index (χ1v) is 7.30. The molecule has 0 aromatic rings. The molecule has 0 radical (unpaired) electrons. The zero-order valence-corrected chi connectivity index (χ0v) is 14.3. The van der Waals surface area contributed by atoms with Crippen molar-refractivity contribution in [1.82, 2.24) is 9.80 Å². The Bertz CT molecular complexity index is 431. The summed E-state index contributed by atoms with van der Waals surface area (Å²) in [5.74, 6) is -0.361. The van der Waals surface area contributed by atoms with Crippen LogP contribution in [0, 0.1) is 0 Å². The van der Waals surface area contributed by atoms with Crippen molar-refractivity contribution in [3.63, 3.8) is 0 Å². The fourth-order valence-electron chi connectivity index (χ4n) is 2.17. The van der Waals surface area contributed by atoms with Gasteiger partial charge in [0.05, 0.1) is 12.6 Å². The molecule has 1 aliphatic rings. The second-order valence-electron chi connectivity index (χ2n) is 6.35. The van der Waals surface area contributed by atoms with Crippen LogP contribution in [-0.4, -0.2) is 65.2 Å². The van der Waals surface area contributed by atoms with Crippen LogP contribution in [0.2, 0.25) is 0 Å². The molecule has 0 aromatic carbocycles. The smallest absolute Gasteiger partial charge is 0.411 e. The molecule has 7 heteroatoms. The molecule has 120 valence electrons. The molecule has 0 aromatic heterocycles. The molecular weight excluding hydrogens is 292 g/mol. The number of hydrogen-bond donors (Lipinski definition) is 0. The van der Waals surface area contributed by atoms with Crippen molar-refractivity contribution in [2.45, 2.75) is 51.9 Å². The van der Waals surface area contributed by atoms with Gasteiger partial charge in [0.15, 0.2) is 0 Å². The Hall–Kier alpha value is -1.37. The van der Waals surface area contributed by atoms with Gasteiger partial charge >= 0.3 is 12.1 Å². The predicted molar refractivity (Wildman–Crippen MR) is 83.2 cm³/mol. The van der Waals surface area contributed by atoms with Crippen molar-refractivity contribution >= 4 is 29.3 Å². The van der Waals surface area contributed by atoms with E-state index < -0.39 is 11.7 Å². The number of amides is 1. The number of rotatable bonds is 2. The molecule has 0 unspecified atom stereocenters. The van der Waals surface area contributed by atoms with Crippen LogP contribution >= 0.6 is 12.2 Å². The van der Waals surface area contributed by atoms with Gasteiger partial charge in [-0.1, -0.05) is 12.2 Å². The number of ether oxygens (including phenoxy) is 2. The Morgan fingerprint density at radius 1 is 1.29 bits per heavy atom. The highest BCUT2D eigenvalue weighted by Crippen LogP contribution is 2.25. The van der Waals surface area contributed by atoms with E-state index >= 15 is 0 Å². The van der Waals surface area contributed by atoms with E-state index in [9.17, 15) is 9.59 Å². The van der Waals surface area contributed by atoms with Gasteiger partial charge in [0, 0.05) is 27.4 Å². The number of hydrogen-bond acceptors (Lipinski definition) is 5. The maximum absolute atomic E-state index is 12.3.